The highest BCUT2D eigenvalue weighted by Gasteiger charge is 2.16. The van der Waals surface area contributed by atoms with E-state index in [9.17, 15) is 0 Å². The summed E-state index contributed by atoms with van der Waals surface area (Å²) < 4.78 is 1.86. The average molecular weight is 300 g/mol. The molecule has 0 unspecified atom stereocenters. The Morgan fingerprint density at radius 2 is 2.00 bits per heavy atom. The number of nitrogens with zero attached hydrogens (tertiary/aromatic N) is 3. The molecule has 0 aliphatic rings. The molecule has 4 heteroatoms. The zero-order valence-electron chi connectivity index (χ0n) is 14.4. The number of hydrogen-bond acceptors (Lipinski definition) is 3. The van der Waals surface area contributed by atoms with Gasteiger partial charge < -0.3 is 10.2 Å². The molecule has 4 nitrogen and oxygen atoms in total. The van der Waals surface area contributed by atoms with Crippen LogP contribution in [0.5, 0.6) is 0 Å². The highest BCUT2D eigenvalue weighted by molar-refractivity contribution is 5.26. The Morgan fingerprint density at radius 3 is 2.59 bits per heavy atom. The second kappa shape index (κ2) is 7.56. The van der Waals surface area contributed by atoms with Gasteiger partial charge in [-0.25, -0.2) is 0 Å². The molecule has 0 bridgehead atoms. The fraction of sp³-hybridized carbons (Fsp3) is 0.500. The lowest BCUT2D eigenvalue weighted by molar-refractivity contribution is 0.281. The fourth-order valence-corrected chi connectivity index (χ4v) is 2.76. The normalized spacial score (nSPS) is 14.3. The zero-order valence-corrected chi connectivity index (χ0v) is 14.4. The molecule has 1 heterocycles. The number of hydrogen-bond donors (Lipinski definition) is 1. The van der Waals surface area contributed by atoms with Crippen LogP contribution in [0.2, 0.25) is 0 Å². The second-order valence-electron chi connectivity index (χ2n) is 6.37. The van der Waals surface area contributed by atoms with Crippen LogP contribution in [0.3, 0.4) is 0 Å². The van der Waals surface area contributed by atoms with Crippen LogP contribution in [0.25, 0.3) is 0 Å². The van der Waals surface area contributed by atoms with Crippen LogP contribution < -0.4 is 5.32 Å². The summed E-state index contributed by atoms with van der Waals surface area (Å²) in [6, 6.07) is 9.40. The third-order valence-corrected chi connectivity index (χ3v) is 4.18. The van der Waals surface area contributed by atoms with E-state index in [1.807, 2.05) is 17.9 Å². The number of rotatable bonds is 7. The summed E-state index contributed by atoms with van der Waals surface area (Å²) in [5.74, 6) is 0. The van der Waals surface area contributed by atoms with Crippen LogP contribution in [0, 0.1) is 6.92 Å². The second-order valence-corrected chi connectivity index (χ2v) is 6.37. The van der Waals surface area contributed by atoms with E-state index >= 15 is 0 Å². The quantitative estimate of drug-likeness (QED) is 0.853. The van der Waals surface area contributed by atoms with Crippen molar-refractivity contribution >= 4 is 0 Å². The van der Waals surface area contributed by atoms with Gasteiger partial charge in [0.15, 0.2) is 0 Å². The molecule has 1 aromatic carbocycles. The van der Waals surface area contributed by atoms with Crippen molar-refractivity contribution in [3.63, 3.8) is 0 Å². The van der Waals surface area contributed by atoms with Crippen LogP contribution in [0.15, 0.2) is 36.7 Å². The molecule has 2 aromatic rings. The first-order chi connectivity index (χ1) is 10.5. The van der Waals surface area contributed by atoms with Crippen LogP contribution in [0.4, 0.5) is 0 Å². The van der Waals surface area contributed by atoms with E-state index in [1.54, 1.807) is 0 Å². The van der Waals surface area contributed by atoms with Crippen LogP contribution in [0.1, 0.15) is 29.7 Å². The van der Waals surface area contributed by atoms with E-state index in [4.69, 9.17) is 0 Å². The molecule has 22 heavy (non-hydrogen) atoms. The van der Waals surface area contributed by atoms with Crippen molar-refractivity contribution in [2.24, 2.45) is 7.05 Å². The SMILES string of the molecule is Cc1ccccc1C[C@@H](C)NC[C@@H](c1cnn(C)c1)N(C)C. The summed E-state index contributed by atoms with van der Waals surface area (Å²) in [6.45, 7) is 5.36. The Kier molecular flexibility index (Phi) is 5.75. The summed E-state index contributed by atoms with van der Waals surface area (Å²) in [5, 5.41) is 7.96. The van der Waals surface area contributed by atoms with E-state index in [-0.39, 0.29) is 0 Å². The van der Waals surface area contributed by atoms with E-state index in [2.05, 4.69) is 73.7 Å². The molecular formula is C18H28N4. The van der Waals surface area contributed by atoms with Crippen molar-refractivity contribution in [3.8, 4) is 0 Å². The minimum absolute atomic E-state index is 0.341. The molecule has 120 valence electrons. The molecule has 0 amide bonds. The number of aryl methyl sites for hydroxylation is 2. The minimum Gasteiger partial charge on any atom is -0.312 e. The molecule has 0 saturated heterocycles. The van der Waals surface area contributed by atoms with Gasteiger partial charge in [-0.2, -0.15) is 5.10 Å². The van der Waals surface area contributed by atoms with Crippen molar-refractivity contribution in [1.29, 1.82) is 0 Å². The Morgan fingerprint density at radius 1 is 1.27 bits per heavy atom. The maximum atomic E-state index is 4.29. The molecule has 1 aromatic heterocycles. The standard InChI is InChI=1S/C18H28N4/c1-14-8-6-7-9-16(14)10-15(2)19-12-18(21(3)4)17-11-20-22(5)13-17/h6-9,11,13,15,18-19H,10,12H2,1-5H3/t15-,18+/m1/s1. The van der Waals surface area contributed by atoms with Crippen LogP contribution >= 0.6 is 0 Å². The number of nitrogens with one attached hydrogen (secondary N) is 1. The molecule has 0 saturated carbocycles. The molecule has 1 N–H and O–H groups in total. The van der Waals surface area contributed by atoms with E-state index < -0.39 is 0 Å². The molecule has 2 atom stereocenters. The highest BCUT2D eigenvalue weighted by Crippen LogP contribution is 2.17. The average Bonchev–Trinajstić information content (AvgIpc) is 2.87. The number of benzene rings is 1. The molecule has 0 aliphatic heterocycles. The van der Waals surface area contributed by atoms with Gasteiger partial charge in [-0.1, -0.05) is 24.3 Å². The monoisotopic (exact) mass is 300 g/mol. The predicted octanol–water partition coefficient (Wildman–Crippen LogP) is 2.55. The third kappa shape index (κ3) is 4.42. The summed E-state index contributed by atoms with van der Waals surface area (Å²) >= 11 is 0. The van der Waals surface area contributed by atoms with Gasteiger partial charge in [0, 0.05) is 37.4 Å². The summed E-state index contributed by atoms with van der Waals surface area (Å²) in [6.07, 6.45) is 5.11. The lowest BCUT2D eigenvalue weighted by Crippen LogP contribution is -2.36. The molecule has 0 radical (unpaired) electrons. The van der Waals surface area contributed by atoms with Gasteiger partial charge in [0.05, 0.1) is 6.20 Å². The Labute approximate surface area is 134 Å². The fourth-order valence-electron chi connectivity index (χ4n) is 2.76. The predicted molar refractivity (Wildman–Crippen MR) is 92.0 cm³/mol. The third-order valence-electron chi connectivity index (χ3n) is 4.18. The first-order valence-electron chi connectivity index (χ1n) is 7.90. The van der Waals surface area contributed by atoms with Crippen LogP contribution in [-0.4, -0.2) is 41.4 Å². The van der Waals surface area contributed by atoms with Gasteiger partial charge >= 0.3 is 0 Å². The van der Waals surface area contributed by atoms with E-state index in [0.29, 0.717) is 12.1 Å². The first-order valence-corrected chi connectivity index (χ1v) is 7.90. The topological polar surface area (TPSA) is 33.1 Å². The summed E-state index contributed by atoms with van der Waals surface area (Å²) in [7, 11) is 6.20. The van der Waals surface area contributed by atoms with Crippen molar-refractivity contribution < 1.29 is 0 Å². The molecule has 0 fully saturated rings. The summed E-state index contributed by atoms with van der Waals surface area (Å²) in [4.78, 5) is 2.24. The highest BCUT2D eigenvalue weighted by atomic mass is 15.2. The van der Waals surface area contributed by atoms with Crippen LogP contribution in [-0.2, 0) is 13.5 Å². The Hall–Kier alpha value is -1.65. The van der Waals surface area contributed by atoms with E-state index in [0.717, 1.165) is 13.0 Å². The summed E-state index contributed by atoms with van der Waals surface area (Å²) in [5.41, 5.74) is 4.04. The van der Waals surface area contributed by atoms with Gasteiger partial charge in [-0.05, 0) is 45.5 Å². The maximum absolute atomic E-state index is 4.29. The van der Waals surface area contributed by atoms with Crippen molar-refractivity contribution in [1.82, 2.24) is 20.0 Å². The van der Waals surface area contributed by atoms with Crippen molar-refractivity contribution in [2.75, 3.05) is 20.6 Å². The molecule has 0 aliphatic carbocycles. The molecule has 2 rings (SSSR count). The van der Waals surface area contributed by atoms with Crippen molar-refractivity contribution in [2.45, 2.75) is 32.4 Å². The van der Waals surface area contributed by atoms with Crippen molar-refractivity contribution in [3.05, 3.63) is 53.3 Å². The zero-order chi connectivity index (χ0) is 16.1. The van der Waals surface area contributed by atoms with Gasteiger partial charge in [0.1, 0.15) is 0 Å². The molecular weight excluding hydrogens is 272 g/mol. The Balaban J connectivity index is 1.93. The Bertz CT molecular complexity index is 588. The number of likely N-dealkylation sites (N-methyl/N-ethyl adjacent to an activating group) is 1. The molecule has 0 spiro atoms. The lowest BCUT2D eigenvalue weighted by Gasteiger charge is -2.26. The first kappa shape index (κ1) is 16.7. The largest absolute Gasteiger partial charge is 0.312 e. The maximum Gasteiger partial charge on any atom is 0.0538 e. The van der Waals surface area contributed by atoms with Gasteiger partial charge in [0.2, 0.25) is 0 Å². The smallest absolute Gasteiger partial charge is 0.0538 e. The number of aromatic nitrogens is 2. The van der Waals surface area contributed by atoms with Gasteiger partial charge in [0.25, 0.3) is 0 Å². The van der Waals surface area contributed by atoms with Gasteiger partial charge in [-0.3, -0.25) is 4.68 Å². The minimum atomic E-state index is 0.341. The van der Waals surface area contributed by atoms with Gasteiger partial charge in [-0.15, -0.1) is 0 Å². The van der Waals surface area contributed by atoms with E-state index in [1.165, 1.54) is 16.7 Å². The lowest BCUT2D eigenvalue weighted by atomic mass is 10.0.